The summed E-state index contributed by atoms with van der Waals surface area (Å²) in [6.07, 6.45) is 5.45. The molecule has 1 fully saturated rings. The number of hydrogen-bond donors (Lipinski definition) is 1. The fraction of sp³-hybridized carbons (Fsp3) is 0.500. The lowest BCUT2D eigenvalue weighted by atomic mass is 9.94. The molecule has 1 aliphatic heterocycles. The van der Waals surface area contributed by atoms with Gasteiger partial charge in [-0.05, 0) is 31.0 Å². The van der Waals surface area contributed by atoms with Crippen LogP contribution >= 0.6 is 0 Å². The van der Waals surface area contributed by atoms with E-state index in [9.17, 15) is 14.4 Å². The highest BCUT2D eigenvalue weighted by molar-refractivity contribution is 6.03. The molecule has 1 saturated carbocycles. The molecule has 134 valence electrons. The molecule has 7 nitrogen and oxygen atoms in total. The van der Waals surface area contributed by atoms with Crippen LogP contribution < -0.4 is 9.64 Å². The van der Waals surface area contributed by atoms with Gasteiger partial charge in [0, 0.05) is 13.1 Å². The van der Waals surface area contributed by atoms with Crippen molar-refractivity contribution in [3.8, 4) is 5.75 Å². The van der Waals surface area contributed by atoms with Crippen molar-refractivity contribution in [1.82, 2.24) is 4.90 Å². The second-order valence-corrected chi connectivity index (χ2v) is 6.55. The Bertz CT molecular complexity index is 697. The first-order valence-electron chi connectivity index (χ1n) is 8.53. The van der Waals surface area contributed by atoms with E-state index in [4.69, 9.17) is 9.84 Å². The highest BCUT2D eigenvalue weighted by Crippen LogP contribution is 2.33. The van der Waals surface area contributed by atoms with E-state index >= 15 is 0 Å². The van der Waals surface area contributed by atoms with Crippen molar-refractivity contribution in [3.63, 3.8) is 0 Å². The standard InChI is InChI=1S/C18H22N2O5/c1-19(13-5-3-2-4-6-13)16(21)10-20-14-8-7-12(18(23)24)9-15(14)25-11-17(20)22/h7-9,13H,2-6,10-11H2,1H3,(H,23,24). The summed E-state index contributed by atoms with van der Waals surface area (Å²) in [6, 6.07) is 4.54. The molecule has 0 aromatic heterocycles. The molecule has 0 bridgehead atoms. The average molecular weight is 346 g/mol. The Labute approximate surface area is 146 Å². The number of ether oxygens (including phenoxy) is 1. The highest BCUT2D eigenvalue weighted by atomic mass is 16.5. The SMILES string of the molecule is CN(C(=O)CN1C(=O)COc2cc(C(=O)O)ccc21)C1CCCCC1. The van der Waals surface area contributed by atoms with Crippen LogP contribution in [0, 0.1) is 0 Å². The summed E-state index contributed by atoms with van der Waals surface area (Å²) in [5.74, 6) is -1.17. The zero-order chi connectivity index (χ0) is 18.0. The van der Waals surface area contributed by atoms with E-state index in [0.29, 0.717) is 11.4 Å². The van der Waals surface area contributed by atoms with Crippen LogP contribution in [0.1, 0.15) is 42.5 Å². The van der Waals surface area contributed by atoms with Crippen molar-refractivity contribution in [2.24, 2.45) is 0 Å². The monoisotopic (exact) mass is 346 g/mol. The summed E-state index contributed by atoms with van der Waals surface area (Å²) >= 11 is 0. The molecule has 0 atom stereocenters. The molecule has 1 aromatic rings. The number of nitrogens with zero attached hydrogens (tertiary/aromatic N) is 2. The summed E-state index contributed by atoms with van der Waals surface area (Å²) in [4.78, 5) is 39.1. The number of fused-ring (bicyclic) bond motifs is 1. The van der Waals surface area contributed by atoms with Gasteiger partial charge >= 0.3 is 5.97 Å². The average Bonchev–Trinajstić information content (AvgIpc) is 2.63. The van der Waals surface area contributed by atoms with Crippen molar-refractivity contribution < 1.29 is 24.2 Å². The lowest BCUT2D eigenvalue weighted by Gasteiger charge is -2.34. The molecule has 0 saturated heterocycles. The predicted octanol–water partition coefficient (Wildman–Crippen LogP) is 1.90. The van der Waals surface area contributed by atoms with Crippen LogP contribution in [0.15, 0.2) is 18.2 Å². The van der Waals surface area contributed by atoms with Crippen LogP contribution in [0.2, 0.25) is 0 Å². The van der Waals surface area contributed by atoms with Crippen LogP contribution in [0.25, 0.3) is 0 Å². The molecule has 3 rings (SSSR count). The summed E-state index contributed by atoms with van der Waals surface area (Å²) in [7, 11) is 1.79. The van der Waals surface area contributed by atoms with Gasteiger partial charge in [0.25, 0.3) is 5.91 Å². The fourth-order valence-electron chi connectivity index (χ4n) is 3.43. The summed E-state index contributed by atoms with van der Waals surface area (Å²) in [5, 5.41) is 9.07. The first-order chi connectivity index (χ1) is 12.0. The number of carbonyl (C=O) groups is 3. The zero-order valence-electron chi connectivity index (χ0n) is 14.2. The third-order valence-corrected chi connectivity index (χ3v) is 4.96. The Morgan fingerprint density at radius 3 is 2.68 bits per heavy atom. The minimum Gasteiger partial charge on any atom is -0.482 e. The third-order valence-electron chi connectivity index (χ3n) is 4.96. The van der Waals surface area contributed by atoms with Crippen LogP contribution in [0.4, 0.5) is 5.69 Å². The van der Waals surface area contributed by atoms with Gasteiger partial charge in [-0.15, -0.1) is 0 Å². The molecule has 1 heterocycles. The quantitative estimate of drug-likeness (QED) is 0.900. The number of carboxylic acid groups (broad SMARTS) is 1. The van der Waals surface area contributed by atoms with Crippen LogP contribution in [0.3, 0.4) is 0 Å². The largest absolute Gasteiger partial charge is 0.482 e. The molecule has 1 N–H and O–H groups in total. The number of aromatic carboxylic acids is 1. The highest BCUT2D eigenvalue weighted by Gasteiger charge is 2.30. The molecule has 0 radical (unpaired) electrons. The number of likely N-dealkylation sites (N-methyl/N-ethyl adjacent to an activating group) is 1. The predicted molar refractivity (Wildman–Crippen MR) is 90.9 cm³/mol. The van der Waals surface area contributed by atoms with Crippen molar-refractivity contribution >= 4 is 23.5 Å². The third kappa shape index (κ3) is 3.60. The zero-order valence-corrected chi connectivity index (χ0v) is 14.2. The summed E-state index contributed by atoms with van der Waals surface area (Å²) < 4.78 is 5.34. The number of rotatable bonds is 4. The van der Waals surface area contributed by atoms with Crippen molar-refractivity contribution in [3.05, 3.63) is 23.8 Å². The van der Waals surface area contributed by atoms with E-state index in [-0.39, 0.29) is 36.6 Å². The number of carboxylic acids is 1. The maximum absolute atomic E-state index is 12.6. The summed E-state index contributed by atoms with van der Waals surface area (Å²) in [5.41, 5.74) is 0.519. The molecule has 2 aliphatic rings. The number of amides is 2. The second kappa shape index (κ2) is 7.13. The Kier molecular flexibility index (Phi) is 4.92. The number of anilines is 1. The van der Waals surface area contributed by atoms with Gasteiger partial charge in [-0.25, -0.2) is 4.79 Å². The molecule has 2 amide bonds. The van der Waals surface area contributed by atoms with Crippen LogP contribution in [0.5, 0.6) is 5.75 Å². The lowest BCUT2D eigenvalue weighted by Crippen LogP contribution is -2.48. The Hall–Kier alpha value is -2.57. The first kappa shape index (κ1) is 17.3. The Morgan fingerprint density at radius 1 is 1.28 bits per heavy atom. The molecule has 0 spiro atoms. The van der Waals surface area contributed by atoms with Gasteiger partial charge in [0.2, 0.25) is 5.91 Å². The molecular weight excluding hydrogens is 324 g/mol. The molecule has 1 aliphatic carbocycles. The van der Waals surface area contributed by atoms with E-state index in [1.165, 1.54) is 29.5 Å². The second-order valence-electron chi connectivity index (χ2n) is 6.55. The molecule has 7 heteroatoms. The smallest absolute Gasteiger partial charge is 0.335 e. The van der Waals surface area contributed by atoms with E-state index < -0.39 is 5.97 Å². The van der Waals surface area contributed by atoms with E-state index in [0.717, 1.165) is 25.7 Å². The minimum atomic E-state index is -1.07. The van der Waals surface area contributed by atoms with E-state index in [1.54, 1.807) is 11.9 Å². The maximum Gasteiger partial charge on any atom is 0.335 e. The van der Waals surface area contributed by atoms with Crippen LogP contribution in [-0.2, 0) is 9.59 Å². The lowest BCUT2D eigenvalue weighted by molar-refractivity contribution is -0.133. The van der Waals surface area contributed by atoms with Crippen molar-refractivity contribution in [2.45, 2.75) is 38.1 Å². The van der Waals surface area contributed by atoms with Gasteiger partial charge in [-0.2, -0.15) is 0 Å². The fourth-order valence-corrected chi connectivity index (χ4v) is 3.43. The number of carbonyl (C=O) groups excluding carboxylic acids is 2. The van der Waals surface area contributed by atoms with Gasteiger partial charge in [0.1, 0.15) is 12.3 Å². The van der Waals surface area contributed by atoms with Crippen molar-refractivity contribution in [1.29, 1.82) is 0 Å². The first-order valence-corrected chi connectivity index (χ1v) is 8.53. The maximum atomic E-state index is 12.6. The number of hydrogen-bond acceptors (Lipinski definition) is 4. The summed E-state index contributed by atoms with van der Waals surface area (Å²) in [6.45, 7) is -0.259. The normalized spacial score (nSPS) is 17.6. The molecule has 25 heavy (non-hydrogen) atoms. The van der Waals surface area contributed by atoms with E-state index in [1.807, 2.05) is 0 Å². The van der Waals surface area contributed by atoms with Crippen molar-refractivity contribution in [2.75, 3.05) is 25.1 Å². The molecular formula is C18H22N2O5. The minimum absolute atomic E-state index is 0.0609. The van der Waals surface area contributed by atoms with Gasteiger partial charge in [0.05, 0.1) is 11.3 Å². The Balaban J connectivity index is 1.76. The molecule has 0 unspecified atom stereocenters. The molecule has 1 aromatic carbocycles. The van der Waals surface area contributed by atoms with Gasteiger partial charge < -0.3 is 14.7 Å². The topological polar surface area (TPSA) is 87.2 Å². The van der Waals surface area contributed by atoms with Crippen LogP contribution in [-0.4, -0.2) is 54.0 Å². The Morgan fingerprint density at radius 2 is 2.00 bits per heavy atom. The van der Waals surface area contributed by atoms with E-state index in [2.05, 4.69) is 0 Å². The number of benzene rings is 1. The van der Waals surface area contributed by atoms with Gasteiger partial charge in [-0.3, -0.25) is 14.5 Å². The van der Waals surface area contributed by atoms with Gasteiger partial charge in [-0.1, -0.05) is 19.3 Å². The van der Waals surface area contributed by atoms with Gasteiger partial charge in [0.15, 0.2) is 6.61 Å².